The van der Waals surface area contributed by atoms with Crippen LogP contribution in [0.2, 0.25) is 5.02 Å². The van der Waals surface area contributed by atoms with Crippen molar-refractivity contribution in [1.29, 1.82) is 0 Å². The molecule has 0 aliphatic heterocycles. The summed E-state index contributed by atoms with van der Waals surface area (Å²) in [4.78, 5) is 5.91. The third kappa shape index (κ3) is 2.92. The Kier molecular flexibility index (Phi) is 3.72. The molecule has 0 aliphatic carbocycles. The van der Waals surface area contributed by atoms with Gasteiger partial charge in [0.15, 0.2) is 6.61 Å². The van der Waals surface area contributed by atoms with E-state index in [0.717, 1.165) is 5.56 Å². The van der Waals surface area contributed by atoms with Crippen molar-refractivity contribution in [2.24, 2.45) is 0 Å². The molecule has 2 aromatic rings. The van der Waals surface area contributed by atoms with Crippen LogP contribution < -0.4 is 9.64 Å². The standard InChI is InChI=1S/C12H14ClN3O2/c1-8-4-5-9(13)10(6-8)17-7-11-14-12(15-18-11)16(2)3/h4-6H,7H2,1-3H3. The minimum absolute atomic E-state index is 0.198. The molecular formula is C12H14ClN3O2. The highest BCUT2D eigenvalue weighted by Gasteiger charge is 2.09. The zero-order valence-corrected chi connectivity index (χ0v) is 11.2. The van der Waals surface area contributed by atoms with Crippen molar-refractivity contribution in [3.05, 3.63) is 34.7 Å². The Morgan fingerprint density at radius 1 is 1.39 bits per heavy atom. The Labute approximate surface area is 110 Å². The van der Waals surface area contributed by atoms with Gasteiger partial charge in [0, 0.05) is 14.1 Å². The predicted molar refractivity (Wildman–Crippen MR) is 69.1 cm³/mol. The van der Waals surface area contributed by atoms with Gasteiger partial charge in [0.1, 0.15) is 5.75 Å². The fourth-order valence-electron chi connectivity index (χ4n) is 1.35. The maximum Gasteiger partial charge on any atom is 0.266 e. The summed E-state index contributed by atoms with van der Waals surface area (Å²) in [6.07, 6.45) is 0. The molecule has 0 unspecified atom stereocenters. The number of halogens is 1. The van der Waals surface area contributed by atoms with E-state index in [-0.39, 0.29) is 6.61 Å². The van der Waals surface area contributed by atoms with Gasteiger partial charge >= 0.3 is 0 Å². The van der Waals surface area contributed by atoms with Crippen LogP contribution in [0.1, 0.15) is 11.5 Å². The van der Waals surface area contributed by atoms with E-state index in [4.69, 9.17) is 20.9 Å². The highest BCUT2D eigenvalue weighted by Crippen LogP contribution is 2.26. The van der Waals surface area contributed by atoms with Gasteiger partial charge in [-0.1, -0.05) is 17.7 Å². The van der Waals surface area contributed by atoms with Crippen molar-refractivity contribution < 1.29 is 9.26 Å². The van der Waals surface area contributed by atoms with Gasteiger partial charge in [0.25, 0.3) is 11.8 Å². The van der Waals surface area contributed by atoms with E-state index in [9.17, 15) is 0 Å². The summed E-state index contributed by atoms with van der Waals surface area (Å²) in [7, 11) is 3.68. The maximum atomic E-state index is 6.02. The number of nitrogens with zero attached hydrogens (tertiary/aromatic N) is 3. The molecule has 1 aromatic carbocycles. The van der Waals surface area contributed by atoms with Gasteiger partial charge in [-0.3, -0.25) is 0 Å². The largest absolute Gasteiger partial charge is 0.482 e. The van der Waals surface area contributed by atoms with E-state index in [2.05, 4.69) is 10.1 Å². The van der Waals surface area contributed by atoms with Crippen molar-refractivity contribution >= 4 is 17.5 Å². The molecule has 0 atom stereocenters. The molecule has 0 amide bonds. The molecular weight excluding hydrogens is 254 g/mol. The van der Waals surface area contributed by atoms with Gasteiger partial charge in [-0.15, -0.1) is 0 Å². The Morgan fingerprint density at radius 2 is 2.17 bits per heavy atom. The van der Waals surface area contributed by atoms with E-state index in [1.54, 1.807) is 11.0 Å². The molecule has 0 radical (unpaired) electrons. The average molecular weight is 268 g/mol. The third-order valence-electron chi connectivity index (χ3n) is 2.30. The molecule has 0 spiro atoms. The van der Waals surface area contributed by atoms with E-state index < -0.39 is 0 Å². The second-order valence-electron chi connectivity index (χ2n) is 4.11. The summed E-state index contributed by atoms with van der Waals surface area (Å²) in [5.74, 6) is 1.54. The Bertz CT molecular complexity index is 540. The van der Waals surface area contributed by atoms with E-state index in [1.165, 1.54) is 0 Å². The molecule has 96 valence electrons. The van der Waals surface area contributed by atoms with Crippen LogP contribution in [-0.2, 0) is 6.61 Å². The number of rotatable bonds is 4. The van der Waals surface area contributed by atoms with Crippen LogP contribution in [0.25, 0.3) is 0 Å². The topological polar surface area (TPSA) is 51.4 Å². The van der Waals surface area contributed by atoms with Gasteiger partial charge in [-0.2, -0.15) is 4.98 Å². The van der Waals surface area contributed by atoms with Crippen LogP contribution in [0.5, 0.6) is 5.75 Å². The summed E-state index contributed by atoms with van der Waals surface area (Å²) in [6, 6.07) is 5.59. The SMILES string of the molecule is Cc1ccc(Cl)c(OCc2nc(N(C)C)no2)c1. The Morgan fingerprint density at radius 3 is 2.83 bits per heavy atom. The number of hydrogen-bond donors (Lipinski definition) is 0. The highest BCUT2D eigenvalue weighted by atomic mass is 35.5. The van der Waals surface area contributed by atoms with Crippen LogP contribution in [0, 0.1) is 6.92 Å². The second kappa shape index (κ2) is 5.27. The van der Waals surface area contributed by atoms with Gasteiger partial charge in [-0.05, 0) is 29.8 Å². The lowest BCUT2D eigenvalue weighted by Crippen LogP contribution is -2.10. The highest BCUT2D eigenvalue weighted by molar-refractivity contribution is 6.32. The van der Waals surface area contributed by atoms with Crippen LogP contribution in [0.15, 0.2) is 22.7 Å². The average Bonchev–Trinajstić information content (AvgIpc) is 2.79. The normalized spacial score (nSPS) is 10.4. The van der Waals surface area contributed by atoms with Crippen LogP contribution >= 0.6 is 11.6 Å². The lowest BCUT2D eigenvalue weighted by molar-refractivity contribution is 0.243. The van der Waals surface area contributed by atoms with E-state index >= 15 is 0 Å². The molecule has 5 nitrogen and oxygen atoms in total. The van der Waals surface area contributed by atoms with Crippen molar-refractivity contribution in [3.8, 4) is 5.75 Å². The zero-order chi connectivity index (χ0) is 13.1. The summed E-state index contributed by atoms with van der Waals surface area (Å²) >= 11 is 6.02. The van der Waals surface area contributed by atoms with E-state index in [1.807, 2.05) is 33.2 Å². The lowest BCUT2D eigenvalue weighted by Gasteiger charge is -2.06. The molecule has 0 saturated carbocycles. The molecule has 0 N–H and O–H groups in total. The molecule has 2 rings (SSSR count). The van der Waals surface area contributed by atoms with Gasteiger partial charge in [0.05, 0.1) is 5.02 Å². The molecule has 0 fully saturated rings. The van der Waals surface area contributed by atoms with Gasteiger partial charge in [-0.25, -0.2) is 0 Å². The maximum absolute atomic E-state index is 6.02. The zero-order valence-electron chi connectivity index (χ0n) is 10.5. The number of benzene rings is 1. The first kappa shape index (κ1) is 12.7. The Balaban J connectivity index is 2.04. The Hall–Kier alpha value is -1.75. The quantitative estimate of drug-likeness (QED) is 0.852. The van der Waals surface area contributed by atoms with Crippen molar-refractivity contribution in [3.63, 3.8) is 0 Å². The number of aryl methyl sites for hydroxylation is 1. The molecule has 18 heavy (non-hydrogen) atoms. The first-order chi connectivity index (χ1) is 8.56. The number of aromatic nitrogens is 2. The smallest absolute Gasteiger partial charge is 0.266 e. The van der Waals surface area contributed by atoms with Crippen LogP contribution in [0.3, 0.4) is 0 Å². The molecule has 1 aromatic heterocycles. The summed E-state index contributed by atoms with van der Waals surface area (Å²) in [5, 5.41) is 4.36. The lowest BCUT2D eigenvalue weighted by atomic mass is 10.2. The number of anilines is 1. The molecule has 6 heteroatoms. The van der Waals surface area contributed by atoms with E-state index in [0.29, 0.717) is 22.6 Å². The van der Waals surface area contributed by atoms with Crippen LogP contribution in [-0.4, -0.2) is 24.2 Å². The monoisotopic (exact) mass is 267 g/mol. The van der Waals surface area contributed by atoms with Crippen molar-refractivity contribution in [2.75, 3.05) is 19.0 Å². The van der Waals surface area contributed by atoms with Crippen LogP contribution in [0.4, 0.5) is 5.95 Å². The first-order valence-electron chi connectivity index (χ1n) is 5.45. The third-order valence-corrected chi connectivity index (χ3v) is 2.61. The minimum Gasteiger partial charge on any atom is -0.482 e. The number of hydrogen-bond acceptors (Lipinski definition) is 5. The predicted octanol–water partition coefficient (Wildman–Crippen LogP) is 2.68. The fourth-order valence-corrected chi connectivity index (χ4v) is 1.52. The second-order valence-corrected chi connectivity index (χ2v) is 4.51. The fraction of sp³-hybridized carbons (Fsp3) is 0.333. The van der Waals surface area contributed by atoms with Crippen molar-refractivity contribution in [1.82, 2.24) is 10.1 Å². The summed E-state index contributed by atoms with van der Waals surface area (Å²) in [6.45, 7) is 2.17. The van der Waals surface area contributed by atoms with Gasteiger partial charge in [0.2, 0.25) is 0 Å². The summed E-state index contributed by atoms with van der Waals surface area (Å²) < 4.78 is 10.6. The minimum atomic E-state index is 0.198. The first-order valence-corrected chi connectivity index (χ1v) is 5.83. The van der Waals surface area contributed by atoms with Crippen molar-refractivity contribution in [2.45, 2.75) is 13.5 Å². The summed E-state index contributed by atoms with van der Waals surface area (Å²) in [5.41, 5.74) is 1.08. The van der Waals surface area contributed by atoms with Gasteiger partial charge < -0.3 is 14.2 Å². The molecule has 0 saturated heterocycles. The molecule has 1 heterocycles. The molecule has 0 aliphatic rings. The number of ether oxygens (including phenoxy) is 1. The molecule has 0 bridgehead atoms.